The van der Waals surface area contributed by atoms with E-state index in [0.29, 0.717) is 29.4 Å². The highest BCUT2D eigenvalue weighted by Gasteiger charge is 2.51. The number of nitrogens with one attached hydrogen (secondary N) is 1. The van der Waals surface area contributed by atoms with Crippen molar-refractivity contribution in [3.63, 3.8) is 0 Å². The molecule has 1 aromatic carbocycles. The number of aromatic nitrogens is 1. The van der Waals surface area contributed by atoms with Crippen molar-refractivity contribution in [2.24, 2.45) is 5.92 Å². The molecule has 3 saturated heterocycles. The van der Waals surface area contributed by atoms with Crippen molar-refractivity contribution in [3.05, 3.63) is 47.7 Å². The minimum absolute atomic E-state index is 0. The van der Waals surface area contributed by atoms with E-state index in [9.17, 15) is 9.59 Å². The number of nitrogens with zero attached hydrogens (tertiary/aromatic N) is 2. The quantitative estimate of drug-likeness (QED) is 0.337. The van der Waals surface area contributed by atoms with Gasteiger partial charge in [0.1, 0.15) is 6.54 Å². The Morgan fingerprint density at radius 3 is 2.43 bits per heavy atom. The summed E-state index contributed by atoms with van der Waals surface area (Å²) in [6.45, 7) is 4.80. The van der Waals surface area contributed by atoms with E-state index in [1.165, 1.54) is 12.8 Å². The molecule has 1 saturated carbocycles. The Morgan fingerprint density at radius 2 is 1.80 bits per heavy atom. The van der Waals surface area contributed by atoms with Gasteiger partial charge in [0.15, 0.2) is 12.6 Å². The zero-order valence-corrected chi connectivity index (χ0v) is 22.1. The molecule has 2 bridgehead atoms. The third-order valence-electron chi connectivity index (χ3n) is 8.34. The standard InChI is InChI=1S/C27H35N3O4.BrH/c1-20-17-25(34-29-20)28-24(31)19-30-15-11-21(12-16-30)23(18-30)33-26(32)27(13-7-2-3-8-14-27)22-9-5-4-6-10-22;/h4-6,9-10,17,21,23H,2-3,7-8,11-16,18-19H2,1H3;1H/t21?,23-,30?;/m0./s1. The molecule has 0 radical (unpaired) electrons. The van der Waals surface area contributed by atoms with Crippen LogP contribution in [-0.2, 0) is 19.7 Å². The van der Waals surface area contributed by atoms with Gasteiger partial charge in [0.05, 0.1) is 24.2 Å². The normalized spacial score (nSPS) is 27.3. The van der Waals surface area contributed by atoms with E-state index in [-0.39, 0.29) is 35.0 Å². The number of anilines is 1. The van der Waals surface area contributed by atoms with Gasteiger partial charge < -0.3 is 30.7 Å². The number of fused-ring (bicyclic) bond motifs is 3. The van der Waals surface area contributed by atoms with Crippen LogP contribution in [0.4, 0.5) is 5.88 Å². The van der Waals surface area contributed by atoms with Gasteiger partial charge in [-0.3, -0.25) is 14.9 Å². The van der Waals surface area contributed by atoms with E-state index in [1.54, 1.807) is 6.07 Å². The fourth-order valence-electron chi connectivity index (χ4n) is 6.43. The van der Waals surface area contributed by atoms with Crippen LogP contribution in [0.1, 0.15) is 62.6 Å². The second kappa shape index (κ2) is 10.8. The smallest absolute Gasteiger partial charge is 0.317 e. The number of esters is 1. The molecule has 4 fully saturated rings. The largest absolute Gasteiger partial charge is 1.00 e. The number of ether oxygens (including phenoxy) is 1. The summed E-state index contributed by atoms with van der Waals surface area (Å²) in [6.07, 6.45) is 8.02. The van der Waals surface area contributed by atoms with E-state index < -0.39 is 5.41 Å². The van der Waals surface area contributed by atoms with Gasteiger partial charge in [-0.15, -0.1) is 0 Å². The molecular formula is C27H36BrN3O4. The molecule has 4 heterocycles. The van der Waals surface area contributed by atoms with Crippen molar-refractivity contribution >= 4 is 17.8 Å². The summed E-state index contributed by atoms with van der Waals surface area (Å²) < 4.78 is 12.2. The number of benzene rings is 1. The minimum Gasteiger partial charge on any atom is -1.00 e. The van der Waals surface area contributed by atoms with Crippen LogP contribution < -0.4 is 22.3 Å². The van der Waals surface area contributed by atoms with E-state index in [4.69, 9.17) is 9.26 Å². The van der Waals surface area contributed by atoms with Crippen molar-refractivity contribution in [2.45, 2.75) is 69.8 Å². The molecule has 7 nitrogen and oxygen atoms in total. The molecule has 8 heteroatoms. The first-order valence-electron chi connectivity index (χ1n) is 12.8. The van der Waals surface area contributed by atoms with Crippen molar-refractivity contribution in [2.75, 3.05) is 31.5 Å². The molecule has 4 aliphatic rings. The SMILES string of the molecule is Cc1cc(NC(=O)C[N+]23CCC(CC2)[C@@H](OC(=O)C2(c4ccccc4)CCCCCC2)C3)on1.[Br-]. The highest BCUT2D eigenvalue weighted by molar-refractivity contribution is 5.90. The lowest BCUT2D eigenvalue weighted by molar-refractivity contribution is -0.939. The fourth-order valence-corrected chi connectivity index (χ4v) is 6.43. The maximum absolute atomic E-state index is 13.9. The van der Waals surface area contributed by atoms with Crippen LogP contribution in [-0.4, -0.2) is 53.8 Å². The molecule has 3 aliphatic heterocycles. The van der Waals surface area contributed by atoms with Gasteiger partial charge in [-0.25, -0.2) is 0 Å². The van der Waals surface area contributed by atoms with E-state index in [2.05, 4.69) is 22.6 Å². The summed E-state index contributed by atoms with van der Waals surface area (Å²) in [6, 6.07) is 12.0. The molecule has 190 valence electrons. The molecule has 35 heavy (non-hydrogen) atoms. The Balaban J connectivity index is 0.00000289. The molecule has 1 N–H and O–H groups in total. The molecule has 0 spiro atoms. The average Bonchev–Trinajstić information content (AvgIpc) is 3.09. The Kier molecular flexibility index (Phi) is 8.01. The van der Waals surface area contributed by atoms with E-state index in [1.807, 2.05) is 25.1 Å². The van der Waals surface area contributed by atoms with E-state index >= 15 is 0 Å². The van der Waals surface area contributed by atoms with Crippen LogP contribution in [0.15, 0.2) is 40.9 Å². The Hall–Kier alpha value is -2.19. The maximum Gasteiger partial charge on any atom is 0.317 e. The Morgan fingerprint density at radius 1 is 1.11 bits per heavy atom. The second-order valence-corrected chi connectivity index (χ2v) is 10.7. The van der Waals surface area contributed by atoms with Crippen LogP contribution >= 0.6 is 0 Å². The summed E-state index contributed by atoms with van der Waals surface area (Å²) in [7, 11) is 0. The highest BCUT2D eigenvalue weighted by Crippen LogP contribution is 2.42. The van der Waals surface area contributed by atoms with E-state index in [0.717, 1.165) is 62.9 Å². The number of aryl methyl sites for hydroxylation is 1. The number of carbonyl (C=O) groups is 2. The third kappa shape index (κ3) is 5.48. The van der Waals surface area contributed by atoms with Gasteiger partial charge in [0, 0.05) is 24.8 Å². The van der Waals surface area contributed by atoms with Gasteiger partial charge in [-0.1, -0.05) is 61.2 Å². The molecule has 6 rings (SSSR count). The van der Waals surface area contributed by atoms with Crippen molar-refractivity contribution in [1.82, 2.24) is 5.16 Å². The zero-order chi connectivity index (χ0) is 23.6. The molecule has 0 unspecified atom stereocenters. The Bertz CT molecular complexity index is 1010. The van der Waals surface area contributed by atoms with Gasteiger partial charge in [0.25, 0.3) is 5.91 Å². The number of amides is 1. The Labute approximate surface area is 217 Å². The lowest BCUT2D eigenvalue weighted by Gasteiger charge is -2.52. The topological polar surface area (TPSA) is 81.4 Å². The van der Waals surface area contributed by atoms with Crippen LogP contribution in [0, 0.1) is 12.8 Å². The first-order valence-corrected chi connectivity index (χ1v) is 12.8. The number of hydrogen-bond donors (Lipinski definition) is 1. The summed E-state index contributed by atoms with van der Waals surface area (Å²) in [5, 5.41) is 6.67. The number of piperidine rings is 3. The molecule has 1 aromatic heterocycles. The summed E-state index contributed by atoms with van der Waals surface area (Å²) in [4.78, 5) is 26.7. The van der Waals surface area contributed by atoms with Gasteiger partial charge in [0.2, 0.25) is 5.88 Å². The van der Waals surface area contributed by atoms with Gasteiger partial charge >= 0.3 is 5.97 Å². The lowest BCUT2D eigenvalue weighted by atomic mass is 9.74. The number of hydrogen-bond acceptors (Lipinski definition) is 5. The van der Waals surface area contributed by atoms with Crippen LogP contribution in [0.25, 0.3) is 0 Å². The molecule has 1 amide bonds. The van der Waals surface area contributed by atoms with Crippen molar-refractivity contribution < 1.29 is 40.3 Å². The minimum atomic E-state index is -0.545. The fraction of sp³-hybridized carbons (Fsp3) is 0.593. The van der Waals surface area contributed by atoms with Crippen LogP contribution in [0.2, 0.25) is 0 Å². The number of quaternary nitrogens is 1. The predicted octanol–water partition coefficient (Wildman–Crippen LogP) is 1.37. The average molecular weight is 547 g/mol. The number of halogens is 1. The highest BCUT2D eigenvalue weighted by atomic mass is 79.9. The maximum atomic E-state index is 13.9. The number of carbonyl (C=O) groups excluding carboxylic acids is 2. The summed E-state index contributed by atoms with van der Waals surface area (Å²) in [5.41, 5.74) is 1.28. The second-order valence-electron chi connectivity index (χ2n) is 10.7. The third-order valence-corrected chi connectivity index (χ3v) is 8.34. The van der Waals surface area contributed by atoms with Gasteiger partial charge in [-0.05, 0) is 25.3 Å². The van der Waals surface area contributed by atoms with Gasteiger partial charge in [-0.2, -0.15) is 0 Å². The predicted molar refractivity (Wildman–Crippen MR) is 128 cm³/mol. The molecule has 1 aliphatic carbocycles. The van der Waals surface area contributed by atoms with Crippen molar-refractivity contribution in [3.8, 4) is 0 Å². The number of rotatable bonds is 6. The first-order chi connectivity index (χ1) is 16.5. The molecular weight excluding hydrogens is 510 g/mol. The van der Waals surface area contributed by atoms with Crippen LogP contribution in [0.3, 0.4) is 0 Å². The first kappa shape index (κ1) is 25.9. The lowest BCUT2D eigenvalue weighted by Crippen LogP contribution is -3.00. The summed E-state index contributed by atoms with van der Waals surface area (Å²) in [5.74, 6) is 0.640. The van der Waals surface area contributed by atoms with Crippen LogP contribution in [0.5, 0.6) is 0 Å². The molecule has 2 aromatic rings. The molecule has 1 atom stereocenters. The van der Waals surface area contributed by atoms with Crippen molar-refractivity contribution in [1.29, 1.82) is 0 Å². The summed E-state index contributed by atoms with van der Waals surface area (Å²) >= 11 is 0. The monoisotopic (exact) mass is 545 g/mol. The zero-order valence-electron chi connectivity index (χ0n) is 20.5.